The normalized spacial score (nSPS) is 10.5. The Balaban J connectivity index is 0. The van der Waals surface area contributed by atoms with Gasteiger partial charge in [0.1, 0.15) is 6.61 Å². The van der Waals surface area contributed by atoms with Gasteiger partial charge in [0, 0.05) is 6.04 Å². The number of alkyl carbamates (subject to hydrolysis) is 1. The van der Waals surface area contributed by atoms with Crippen LogP contribution in [0.15, 0.2) is 30.3 Å². The summed E-state index contributed by atoms with van der Waals surface area (Å²) in [5.41, 5.74) is 5.08. The van der Waals surface area contributed by atoms with Crippen LogP contribution in [0.25, 0.3) is 0 Å². The van der Waals surface area contributed by atoms with Gasteiger partial charge >= 0.3 is 12.1 Å². The summed E-state index contributed by atoms with van der Waals surface area (Å²) in [6, 6.07) is 9.11. The number of amides is 2. The van der Waals surface area contributed by atoms with Crippen molar-refractivity contribution in [3.8, 4) is 0 Å². The monoisotopic (exact) mass is 382 g/mol. The van der Waals surface area contributed by atoms with Gasteiger partial charge in [0.15, 0.2) is 0 Å². The lowest BCUT2D eigenvalue weighted by Gasteiger charge is -2.20. The smallest absolute Gasteiger partial charge is 0.407 e. The summed E-state index contributed by atoms with van der Waals surface area (Å²) in [6.07, 6.45) is -0.148. The van der Waals surface area contributed by atoms with E-state index in [9.17, 15) is 9.59 Å². The highest BCUT2D eigenvalue weighted by Gasteiger charge is 2.20. The van der Waals surface area contributed by atoms with E-state index in [0.29, 0.717) is 0 Å². The van der Waals surface area contributed by atoms with Crippen molar-refractivity contribution < 1.29 is 23.9 Å². The largest absolute Gasteiger partial charge is 0.469 e. The van der Waals surface area contributed by atoms with Gasteiger partial charge in [-0.15, -0.1) is 0 Å². The Labute approximate surface area is 162 Å². The summed E-state index contributed by atoms with van der Waals surface area (Å²) in [7, 11) is 1.33. The van der Waals surface area contributed by atoms with Gasteiger partial charge in [-0.05, 0) is 17.4 Å². The first-order chi connectivity index (χ1) is 12.7. The van der Waals surface area contributed by atoms with Crippen LogP contribution < -0.4 is 11.1 Å². The number of carbonyl (C=O) groups excluding carboxylic acids is 3. The number of nitrogens with two attached hydrogens (primary N) is 1. The molecule has 0 bridgehead atoms. The molecule has 0 aliphatic rings. The Morgan fingerprint density at radius 2 is 1.59 bits per heavy atom. The fourth-order valence-electron chi connectivity index (χ4n) is 1.63. The van der Waals surface area contributed by atoms with Gasteiger partial charge < -0.3 is 20.5 Å². The number of hydrogen-bond donors (Lipinski definition) is 2. The van der Waals surface area contributed by atoms with E-state index < -0.39 is 6.09 Å². The second kappa shape index (κ2) is 16.9. The third kappa shape index (κ3) is 18.0. The van der Waals surface area contributed by atoms with Crippen LogP contribution in [0.1, 0.15) is 46.6 Å². The Morgan fingerprint density at radius 1 is 1.11 bits per heavy atom. The first kappa shape index (κ1) is 26.7. The molecule has 1 unspecified atom stereocenters. The lowest BCUT2D eigenvalue weighted by Crippen LogP contribution is -2.40. The highest BCUT2D eigenvalue weighted by Crippen LogP contribution is 2.08. The zero-order valence-electron chi connectivity index (χ0n) is 17.2. The maximum absolute atomic E-state index is 11.7. The first-order valence-corrected chi connectivity index (χ1v) is 8.87. The van der Waals surface area contributed by atoms with Gasteiger partial charge in [0.25, 0.3) is 0 Å². The molecule has 154 valence electrons. The molecular weight excluding hydrogens is 348 g/mol. The SMILES string of the molecule is CC(C)C.COC(=O)CC(NC(=O)OCc1ccccc1)C(C)C.NC=O. The number of methoxy groups -OCH3 is 1. The molecule has 0 radical (unpaired) electrons. The predicted octanol–water partition coefficient (Wildman–Crippen LogP) is 3.26. The summed E-state index contributed by atoms with van der Waals surface area (Å²) >= 11 is 0. The van der Waals surface area contributed by atoms with Gasteiger partial charge in [-0.25, -0.2) is 4.79 Å². The van der Waals surface area contributed by atoms with Crippen LogP contribution in [-0.2, 0) is 25.7 Å². The van der Waals surface area contributed by atoms with Crippen LogP contribution in [0.4, 0.5) is 4.79 Å². The highest BCUT2D eigenvalue weighted by molar-refractivity contribution is 5.72. The standard InChI is InChI=1S/C15H21NO4.C4H10.CH3NO/c1-11(2)13(9-14(17)19-3)16-15(18)20-10-12-7-5-4-6-8-12;1-4(2)3;2-1-3/h4-8,11,13H,9-10H2,1-3H3,(H,16,18);4H,1-3H3;1H,(H2,2,3). The zero-order chi connectivity index (χ0) is 21.2. The van der Waals surface area contributed by atoms with E-state index in [4.69, 9.17) is 9.53 Å². The molecule has 0 fully saturated rings. The molecule has 2 amide bonds. The van der Waals surface area contributed by atoms with E-state index in [0.717, 1.165) is 11.5 Å². The molecule has 1 aromatic rings. The van der Waals surface area contributed by atoms with Crippen molar-refractivity contribution in [2.45, 2.75) is 53.7 Å². The second-order valence-electron chi connectivity index (χ2n) is 6.70. The number of carbonyl (C=O) groups is 3. The van der Waals surface area contributed by atoms with Crippen molar-refractivity contribution in [2.24, 2.45) is 17.6 Å². The molecule has 0 heterocycles. The summed E-state index contributed by atoms with van der Waals surface area (Å²) in [5, 5.41) is 2.69. The van der Waals surface area contributed by atoms with E-state index in [1.807, 2.05) is 44.2 Å². The minimum absolute atomic E-state index is 0.110. The minimum Gasteiger partial charge on any atom is -0.469 e. The third-order valence-corrected chi connectivity index (χ3v) is 2.93. The van der Waals surface area contributed by atoms with E-state index in [1.54, 1.807) is 0 Å². The molecule has 1 aromatic carbocycles. The molecule has 7 nitrogen and oxygen atoms in total. The number of ether oxygens (including phenoxy) is 2. The number of esters is 1. The summed E-state index contributed by atoms with van der Waals surface area (Å²) in [6.45, 7) is 10.5. The van der Waals surface area contributed by atoms with Crippen LogP contribution >= 0.6 is 0 Å². The van der Waals surface area contributed by atoms with Crippen LogP contribution in [0.5, 0.6) is 0 Å². The molecule has 0 aliphatic heterocycles. The second-order valence-corrected chi connectivity index (χ2v) is 6.70. The van der Waals surface area contributed by atoms with Crippen molar-refractivity contribution >= 4 is 18.5 Å². The quantitative estimate of drug-likeness (QED) is 0.580. The summed E-state index contributed by atoms with van der Waals surface area (Å²) < 4.78 is 9.73. The van der Waals surface area contributed by atoms with Gasteiger partial charge in [-0.3, -0.25) is 9.59 Å². The van der Waals surface area contributed by atoms with Crippen molar-refractivity contribution in [1.29, 1.82) is 0 Å². The number of benzene rings is 1. The number of primary amides is 1. The number of nitrogens with one attached hydrogen (secondary N) is 1. The molecular formula is C20H34N2O5. The maximum Gasteiger partial charge on any atom is 0.407 e. The van der Waals surface area contributed by atoms with E-state index >= 15 is 0 Å². The fraction of sp³-hybridized carbons (Fsp3) is 0.550. The van der Waals surface area contributed by atoms with Gasteiger partial charge in [0.05, 0.1) is 13.5 Å². The Hall–Kier alpha value is -2.57. The summed E-state index contributed by atoms with van der Waals surface area (Å²) in [5.74, 6) is 0.588. The molecule has 1 atom stereocenters. The Morgan fingerprint density at radius 3 is 2.00 bits per heavy atom. The Bertz CT molecular complexity index is 516. The highest BCUT2D eigenvalue weighted by atomic mass is 16.5. The fourth-order valence-corrected chi connectivity index (χ4v) is 1.63. The molecule has 3 N–H and O–H groups in total. The number of rotatable bonds is 6. The lowest BCUT2D eigenvalue weighted by molar-refractivity contribution is -0.141. The average Bonchev–Trinajstić information content (AvgIpc) is 2.60. The molecule has 0 saturated carbocycles. The zero-order valence-corrected chi connectivity index (χ0v) is 17.2. The van der Waals surface area contributed by atoms with Crippen LogP contribution in [0.2, 0.25) is 0 Å². The van der Waals surface area contributed by atoms with Crippen LogP contribution in [-0.4, -0.2) is 31.6 Å². The van der Waals surface area contributed by atoms with Crippen molar-refractivity contribution in [3.05, 3.63) is 35.9 Å². The average molecular weight is 383 g/mol. The molecule has 27 heavy (non-hydrogen) atoms. The van der Waals surface area contributed by atoms with Crippen molar-refractivity contribution in [3.63, 3.8) is 0 Å². The van der Waals surface area contributed by atoms with E-state index in [2.05, 4.69) is 36.6 Å². The number of hydrogen-bond acceptors (Lipinski definition) is 5. The topological polar surface area (TPSA) is 108 Å². The summed E-state index contributed by atoms with van der Waals surface area (Å²) in [4.78, 5) is 31.6. The maximum atomic E-state index is 11.7. The molecule has 1 rings (SSSR count). The molecule has 0 saturated heterocycles. The van der Waals surface area contributed by atoms with Crippen LogP contribution in [0.3, 0.4) is 0 Å². The predicted molar refractivity (Wildman–Crippen MR) is 106 cm³/mol. The third-order valence-electron chi connectivity index (χ3n) is 2.93. The minimum atomic E-state index is -0.531. The van der Waals surface area contributed by atoms with Crippen molar-refractivity contribution in [2.75, 3.05) is 7.11 Å². The van der Waals surface area contributed by atoms with E-state index in [1.165, 1.54) is 7.11 Å². The lowest BCUT2D eigenvalue weighted by atomic mass is 10.0. The van der Waals surface area contributed by atoms with Crippen LogP contribution in [0, 0.1) is 11.8 Å². The molecule has 7 heteroatoms. The Kier molecular flexibility index (Phi) is 16.7. The molecule has 0 aromatic heterocycles. The van der Waals surface area contributed by atoms with Crippen molar-refractivity contribution in [1.82, 2.24) is 5.32 Å². The first-order valence-electron chi connectivity index (χ1n) is 8.87. The van der Waals surface area contributed by atoms with E-state index in [-0.39, 0.29) is 37.4 Å². The molecule has 0 aliphatic carbocycles. The van der Waals surface area contributed by atoms with Gasteiger partial charge in [-0.1, -0.05) is 65.0 Å². The van der Waals surface area contributed by atoms with Gasteiger partial charge in [0.2, 0.25) is 6.41 Å². The molecule has 0 spiro atoms. The van der Waals surface area contributed by atoms with Gasteiger partial charge in [-0.2, -0.15) is 0 Å².